The lowest BCUT2D eigenvalue weighted by molar-refractivity contribution is -0.137. The van der Waals surface area contributed by atoms with E-state index in [1.165, 1.54) is 12.1 Å². The van der Waals surface area contributed by atoms with Crippen molar-refractivity contribution in [2.45, 2.75) is 30.6 Å². The Labute approximate surface area is 206 Å². The number of amides is 1. The van der Waals surface area contributed by atoms with Crippen LogP contribution in [0.1, 0.15) is 34.6 Å². The van der Waals surface area contributed by atoms with Crippen LogP contribution in [0, 0.1) is 0 Å². The van der Waals surface area contributed by atoms with Crippen molar-refractivity contribution in [2.24, 2.45) is 0 Å². The largest absolute Gasteiger partial charge is 0.448 e. The SMILES string of the molecule is O=C(OCC1c2ccccc2-c2ccccc21)N1C2C=C(c3ccccc3C(F)(F)F)CC1COC2. The number of alkyl halides is 3. The van der Waals surface area contributed by atoms with Gasteiger partial charge in [0.15, 0.2) is 0 Å². The summed E-state index contributed by atoms with van der Waals surface area (Å²) in [4.78, 5) is 14.9. The van der Waals surface area contributed by atoms with Crippen LogP contribution in [0.25, 0.3) is 16.7 Å². The molecule has 3 aromatic rings. The Hall–Kier alpha value is -3.58. The van der Waals surface area contributed by atoms with E-state index in [4.69, 9.17) is 9.47 Å². The van der Waals surface area contributed by atoms with Gasteiger partial charge < -0.3 is 9.47 Å². The molecule has 4 nitrogen and oxygen atoms in total. The van der Waals surface area contributed by atoms with Crippen LogP contribution in [0.15, 0.2) is 78.9 Å². The molecule has 0 spiro atoms. The molecule has 2 heterocycles. The average molecular weight is 492 g/mol. The monoisotopic (exact) mass is 491 g/mol. The number of nitrogens with zero attached hydrogens (tertiary/aromatic N) is 1. The Kier molecular flexibility index (Phi) is 5.60. The van der Waals surface area contributed by atoms with Crippen molar-refractivity contribution in [1.29, 1.82) is 0 Å². The number of carbonyl (C=O) groups is 1. The molecule has 2 aliphatic heterocycles. The highest BCUT2D eigenvalue weighted by Crippen LogP contribution is 2.45. The molecular formula is C29H24F3NO3. The van der Waals surface area contributed by atoms with E-state index in [2.05, 4.69) is 24.3 Å². The van der Waals surface area contributed by atoms with Gasteiger partial charge in [-0.25, -0.2) is 4.79 Å². The van der Waals surface area contributed by atoms with Crippen LogP contribution >= 0.6 is 0 Å². The first-order chi connectivity index (χ1) is 17.4. The maximum atomic E-state index is 13.6. The fourth-order valence-corrected chi connectivity index (χ4v) is 5.76. The first-order valence-electron chi connectivity index (χ1n) is 12.0. The van der Waals surface area contributed by atoms with Crippen molar-refractivity contribution in [1.82, 2.24) is 4.90 Å². The zero-order valence-corrected chi connectivity index (χ0v) is 19.4. The van der Waals surface area contributed by atoms with E-state index in [0.717, 1.165) is 28.3 Å². The lowest BCUT2D eigenvalue weighted by Crippen LogP contribution is -2.56. The number of fused-ring (bicyclic) bond motifs is 5. The van der Waals surface area contributed by atoms with Gasteiger partial charge in [-0.05, 0) is 45.9 Å². The standard InChI is InChI=1S/C29H24F3NO3/c30-29(31,32)27-12-6-5-7-21(27)18-13-19-15-35-16-20(14-18)33(19)28(34)36-17-26-24-10-3-1-8-22(24)23-9-2-4-11-25(23)26/h1-13,19-20,26H,14-17H2. The second kappa shape index (κ2) is 8.82. The van der Waals surface area contributed by atoms with Gasteiger partial charge in [-0.15, -0.1) is 0 Å². The molecule has 184 valence electrons. The molecule has 0 radical (unpaired) electrons. The maximum absolute atomic E-state index is 13.6. The third-order valence-corrected chi connectivity index (χ3v) is 7.32. The number of hydrogen-bond donors (Lipinski definition) is 0. The van der Waals surface area contributed by atoms with Crippen molar-refractivity contribution < 1.29 is 27.4 Å². The molecule has 1 saturated heterocycles. The fourth-order valence-electron chi connectivity index (χ4n) is 5.76. The molecular weight excluding hydrogens is 467 g/mol. The van der Waals surface area contributed by atoms with Crippen LogP contribution < -0.4 is 0 Å². The van der Waals surface area contributed by atoms with Crippen LogP contribution in [0.4, 0.5) is 18.0 Å². The van der Waals surface area contributed by atoms with E-state index >= 15 is 0 Å². The van der Waals surface area contributed by atoms with E-state index in [9.17, 15) is 18.0 Å². The Morgan fingerprint density at radius 1 is 0.889 bits per heavy atom. The van der Waals surface area contributed by atoms with Gasteiger partial charge in [-0.3, -0.25) is 4.90 Å². The second-order valence-corrected chi connectivity index (χ2v) is 9.41. The van der Waals surface area contributed by atoms with Gasteiger partial charge in [0.05, 0.1) is 30.9 Å². The van der Waals surface area contributed by atoms with Gasteiger partial charge in [0.1, 0.15) is 6.61 Å². The van der Waals surface area contributed by atoms with E-state index in [0.29, 0.717) is 5.57 Å². The summed E-state index contributed by atoms with van der Waals surface area (Å²) in [5, 5.41) is 0. The summed E-state index contributed by atoms with van der Waals surface area (Å²) >= 11 is 0. The number of morpholine rings is 1. The number of rotatable bonds is 3. The quantitative estimate of drug-likeness (QED) is 0.419. The van der Waals surface area contributed by atoms with Crippen molar-refractivity contribution in [3.8, 4) is 11.1 Å². The predicted molar refractivity (Wildman–Crippen MR) is 129 cm³/mol. The molecule has 36 heavy (non-hydrogen) atoms. The molecule has 3 aromatic carbocycles. The first kappa shape index (κ1) is 22.9. The number of carbonyl (C=O) groups excluding carboxylic acids is 1. The van der Waals surface area contributed by atoms with Crippen molar-refractivity contribution in [2.75, 3.05) is 19.8 Å². The smallest absolute Gasteiger partial charge is 0.416 e. The lowest BCUT2D eigenvalue weighted by atomic mass is 9.88. The van der Waals surface area contributed by atoms with Gasteiger partial charge in [-0.2, -0.15) is 13.2 Å². The van der Waals surface area contributed by atoms with Gasteiger partial charge >= 0.3 is 12.3 Å². The van der Waals surface area contributed by atoms with E-state index in [-0.39, 0.29) is 43.8 Å². The second-order valence-electron chi connectivity index (χ2n) is 9.41. The summed E-state index contributed by atoms with van der Waals surface area (Å²) in [6, 6.07) is 21.0. The molecule has 1 aliphatic carbocycles. The topological polar surface area (TPSA) is 38.8 Å². The highest BCUT2D eigenvalue weighted by Gasteiger charge is 2.42. The van der Waals surface area contributed by atoms with Crippen LogP contribution in [0.5, 0.6) is 0 Å². The molecule has 1 amide bonds. The van der Waals surface area contributed by atoms with E-state index in [1.807, 2.05) is 24.3 Å². The summed E-state index contributed by atoms with van der Waals surface area (Å²) < 4.78 is 52.4. The fraction of sp³-hybridized carbons (Fsp3) is 0.276. The van der Waals surface area contributed by atoms with Crippen molar-refractivity contribution in [3.63, 3.8) is 0 Å². The molecule has 2 atom stereocenters. The predicted octanol–water partition coefficient (Wildman–Crippen LogP) is 6.51. The normalized spacial score (nSPS) is 21.0. The zero-order chi connectivity index (χ0) is 24.9. The number of halogens is 3. The molecule has 6 rings (SSSR count). The summed E-state index contributed by atoms with van der Waals surface area (Å²) in [6.45, 7) is 0.668. The average Bonchev–Trinajstić information content (AvgIpc) is 3.20. The van der Waals surface area contributed by atoms with Crippen LogP contribution in [0.2, 0.25) is 0 Å². The molecule has 1 fully saturated rings. The van der Waals surface area contributed by atoms with Crippen LogP contribution in [-0.4, -0.2) is 42.9 Å². The molecule has 3 aliphatic rings. The molecule has 7 heteroatoms. The minimum absolute atomic E-state index is 0.0630. The number of hydrogen-bond acceptors (Lipinski definition) is 3. The molecule has 2 unspecified atom stereocenters. The van der Waals surface area contributed by atoms with Gasteiger partial charge in [0, 0.05) is 5.92 Å². The van der Waals surface area contributed by atoms with Crippen molar-refractivity contribution in [3.05, 3.63) is 101 Å². The Morgan fingerprint density at radius 3 is 2.14 bits per heavy atom. The summed E-state index contributed by atoms with van der Waals surface area (Å²) in [7, 11) is 0. The number of benzene rings is 3. The highest BCUT2D eigenvalue weighted by atomic mass is 19.4. The minimum atomic E-state index is -4.45. The van der Waals surface area contributed by atoms with Crippen LogP contribution in [0.3, 0.4) is 0 Å². The third-order valence-electron chi connectivity index (χ3n) is 7.32. The Bertz CT molecular complexity index is 1300. The highest BCUT2D eigenvalue weighted by molar-refractivity contribution is 5.79. The first-order valence-corrected chi connectivity index (χ1v) is 12.0. The molecule has 0 saturated carbocycles. The van der Waals surface area contributed by atoms with Crippen molar-refractivity contribution >= 4 is 11.7 Å². The third kappa shape index (κ3) is 3.88. The summed E-state index contributed by atoms with van der Waals surface area (Å²) in [6.07, 6.45) is -2.92. The molecule has 0 aromatic heterocycles. The Balaban J connectivity index is 1.24. The number of ether oxygens (including phenoxy) is 2. The Morgan fingerprint density at radius 2 is 1.50 bits per heavy atom. The summed E-state index contributed by atoms with van der Waals surface area (Å²) in [5.74, 6) is -0.0630. The summed E-state index contributed by atoms with van der Waals surface area (Å²) in [5.41, 5.74) is 4.63. The minimum Gasteiger partial charge on any atom is -0.448 e. The lowest BCUT2D eigenvalue weighted by Gasteiger charge is -2.44. The van der Waals surface area contributed by atoms with Gasteiger partial charge in [0.2, 0.25) is 0 Å². The van der Waals surface area contributed by atoms with Crippen LogP contribution in [-0.2, 0) is 15.7 Å². The van der Waals surface area contributed by atoms with E-state index < -0.39 is 23.9 Å². The van der Waals surface area contributed by atoms with Gasteiger partial charge in [-0.1, -0.05) is 72.8 Å². The van der Waals surface area contributed by atoms with E-state index in [1.54, 1.807) is 17.0 Å². The van der Waals surface area contributed by atoms with Gasteiger partial charge in [0.25, 0.3) is 0 Å². The molecule has 0 N–H and O–H groups in total. The maximum Gasteiger partial charge on any atom is 0.416 e. The zero-order valence-electron chi connectivity index (χ0n) is 19.4. The molecule has 2 bridgehead atoms.